The minimum atomic E-state index is -0.140. The Balaban J connectivity index is 2.00. The van der Waals surface area contributed by atoms with Crippen LogP contribution in [0.25, 0.3) is 0 Å². The lowest BCUT2D eigenvalue weighted by molar-refractivity contribution is -0.147. The van der Waals surface area contributed by atoms with Crippen molar-refractivity contribution in [2.45, 2.75) is 39.5 Å². The van der Waals surface area contributed by atoms with Crippen molar-refractivity contribution in [2.75, 3.05) is 13.2 Å². The second-order valence-corrected chi connectivity index (χ2v) is 4.59. The van der Waals surface area contributed by atoms with Crippen LogP contribution in [0.5, 0.6) is 0 Å². The Kier molecular flexibility index (Phi) is 5.29. The molecule has 1 atom stereocenters. The van der Waals surface area contributed by atoms with Crippen LogP contribution in [0.3, 0.4) is 0 Å². The second-order valence-electron chi connectivity index (χ2n) is 4.59. The number of hydrogen-bond donors (Lipinski definition) is 1. The number of carbonyl (C=O) groups is 2. The van der Waals surface area contributed by atoms with E-state index >= 15 is 0 Å². The number of amides is 1. The maximum Gasteiger partial charge on any atom is 0.308 e. The number of esters is 1. The molecule has 1 saturated heterocycles. The highest BCUT2D eigenvalue weighted by molar-refractivity contribution is 5.80. The van der Waals surface area contributed by atoms with E-state index in [2.05, 4.69) is 5.32 Å². The molecule has 0 aromatic carbocycles. The molecule has 1 heterocycles. The zero-order valence-electron chi connectivity index (χ0n) is 10.1. The molecule has 0 aromatic heterocycles. The molecule has 0 spiro atoms. The van der Waals surface area contributed by atoms with Gasteiger partial charge >= 0.3 is 5.97 Å². The molecule has 0 radical (unpaired) electrons. The van der Waals surface area contributed by atoms with E-state index in [1.165, 1.54) is 0 Å². The first kappa shape index (κ1) is 13.0. The van der Waals surface area contributed by atoms with Gasteiger partial charge in [-0.2, -0.15) is 0 Å². The van der Waals surface area contributed by atoms with Gasteiger partial charge in [0.05, 0.1) is 12.5 Å². The lowest BCUT2D eigenvalue weighted by atomic mass is 10.0. The summed E-state index contributed by atoms with van der Waals surface area (Å²) in [6.07, 6.45) is 3.65. The molecule has 0 aliphatic carbocycles. The van der Waals surface area contributed by atoms with Gasteiger partial charge in [-0.1, -0.05) is 13.8 Å². The summed E-state index contributed by atoms with van der Waals surface area (Å²) in [6, 6.07) is 0. The van der Waals surface area contributed by atoms with E-state index in [-0.39, 0.29) is 23.7 Å². The molecule has 1 amide bonds. The van der Waals surface area contributed by atoms with Gasteiger partial charge in [0.15, 0.2) is 0 Å². The lowest BCUT2D eigenvalue weighted by Gasteiger charge is -2.08. The third kappa shape index (κ3) is 4.21. The first-order valence-corrected chi connectivity index (χ1v) is 6.05. The van der Waals surface area contributed by atoms with Gasteiger partial charge in [0.2, 0.25) is 5.91 Å². The highest BCUT2D eigenvalue weighted by atomic mass is 16.5. The second kappa shape index (κ2) is 6.51. The lowest BCUT2D eigenvalue weighted by Crippen LogP contribution is -2.19. The average molecular weight is 227 g/mol. The van der Waals surface area contributed by atoms with Crippen molar-refractivity contribution in [2.24, 2.45) is 11.8 Å². The van der Waals surface area contributed by atoms with E-state index in [4.69, 9.17) is 4.74 Å². The van der Waals surface area contributed by atoms with Crippen LogP contribution in [0.15, 0.2) is 0 Å². The standard InChI is InChI=1S/C12H21NO3/c1-9(2)12(15)16-8-4-3-5-10-6-7-13-11(10)14/h9-10H,3-8H2,1-2H3,(H,13,14). The van der Waals surface area contributed by atoms with Crippen LogP contribution in [-0.4, -0.2) is 25.0 Å². The van der Waals surface area contributed by atoms with Gasteiger partial charge in [-0.3, -0.25) is 9.59 Å². The molecule has 1 fully saturated rings. The molecule has 0 bridgehead atoms. The van der Waals surface area contributed by atoms with E-state index < -0.39 is 0 Å². The molecule has 0 aromatic rings. The van der Waals surface area contributed by atoms with Crippen LogP contribution < -0.4 is 5.32 Å². The van der Waals surface area contributed by atoms with Gasteiger partial charge < -0.3 is 10.1 Å². The maximum atomic E-state index is 11.2. The van der Waals surface area contributed by atoms with Crippen molar-refractivity contribution in [3.05, 3.63) is 0 Å². The minimum absolute atomic E-state index is 0.0550. The van der Waals surface area contributed by atoms with E-state index in [0.717, 1.165) is 32.2 Å². The summed E-state index contributed by atoms with van der Waals surface area (Å²) in [7, 11) is 0. The molecule has 4 nitrogen and oxygen atoms in total. The summed E-state index contributed by atoms with van der Waals surface area (Å²) in [4.78, 5) is 22.4. The molecule has 1 aliphatic heterocycles. The molecular weight excluding hydrogens is 206 g/mol. The zero-order valence-corrected chi connectivity index (χ0v) is 10.1. The van der Waals surface area contributed by atoms with Crippen molar-refractivity contribution in [3.63, 3.8) is 0 Å². The Labute approximate surface area is 96.7 Å². The number of nitrogens with one attached hydrogen (secondary N) is 1. The highest BCUT2D eigenvalue weighted by Crippen LogP contribution is 2.16. The van der Waals surface area contributed by atoms with Gasteiger partial charge in [0.1, 0.15) is 0 Å². The summed E-state index contributed by atoms with van der Waals surface area (Å²) < 4.78 is 5.06. The van der Waals surface area contributed by atoms with Crippen molar-refractivity contribution in [1.82, 2.24) is 5.32 Å². The molecule has 16 heavy (non-hydrogen) atoms. The summed E-state index contributed by atoms with van der Waals surface area (Å²) in [5.74, 6) is 0.166. The van der Waals surface area contributed by atoms with Crippen molar-refractivity contribution in [3.8, 4) is 0 Å². The van der Waals surface area contributed by atoms with Crippen LogP contribution in [0.2, 0.25) is 0 Å². The maximum absolute atomic E-state index is 11.2. The third-order valence-corrected chi connectivity index (χ3v) is 2.83. The Morgan fingerprint density at radius 3 is 2.81 bits per heavy atom. The summed E-state index contributed by atoms with van der Waals surface area (Å²) >= 11 is 0. The number of hydrogen-bond acceptors (Lipinski definition) is 3. The SMILES string of the molecule is CC(C)C(=O)OCCCCC1CCNC1=O. The Bertz CT molecular complexity index is 251. The summed E-state index contributed by atoms with van der Waals surface area (Å²) in [6.45, 7) is 4.94. The van der Waals surface area contributed by atoms with Gasteiger partial charge in [-0.25, -0.2) is 0 Å². The molecule has 1 N–H and O–H groups in total. The quantitative estimate of drug-likeness (QED) is 0.552. The van der Waals surface area contributed by atoms with Crippen molar-refractivity contribution < 1.29 is 14.3 Å². The highest BCUT2D eigenvalue weighted by Gasteiger charge is 2.22. The van der Waals surface area contributed by atoms with Gasteiger partial charge in [-0.05, 0) is 25.7 Å². The monoisotopic (exact) mass is 227 g/mol. The van der Waals surface area contributed by atoms with Crippen molar-refractivity contribution in [1.29, 1.82) is 0 Å². The predicted molar refractivity (Wildman–Crippen MR) is 60.8 cm³/mol. The summed E-state index contributed by atoms with van der Waals surface area (Å²) in [5.41, 5.74) is 0. The smallest absolute Gasteiger partial charge is 0.308 e. The normalized spacial score (nSPS) is 19.9. The first-order chi connectivity index (χ1) is 7.61. The number of carbonyl (C=O) groups excluding carboxylic acids is 2. The van der Waals surface area contributed by atoms with E-state index in [0.29, 0.717) is 6.61 Å². The van der Waals surface area contributed by atoms with Gasteiger partial charge in [-0.15, -0.1) is 0 Å². The largest absolute Gasteiger partial charge is 0.465 e. The Hall–Kier alpha value is -1.06. The Morgan fingerprint density at radius 2 is 2.25 bits per heavy atom. The first-order valence-electron chi connectivity index (χ1n) is 6.05. The molecule has 1 aliphatic rings. The van der Waals surface area contributed by atoms with E-state index in [9.17, 15) is 9.59 Å². The topological polar surface area (TPSA) is 55.4 Å². The zero-order chi connectivity index (χ0) is 12.0. The fourth-order valence-corrected chi connectivity index (χ4v) is 1.75. The fraction of sp³-hybridized carbons (Fsp3) is 0.833. The van der Waals surface area contributed by atoms with E-state index in [1.54, 1.807) is 0 Å². The van der Waals surface area contributed by atoms with Crippen LogP contribution in [0.1, 0.15) is 39.5 Å². The molecule has 1 unspecified atom stereocenters. The molecule has 0 saturated carbocycles. The summed E-state index contributed by atoms with van der Waals surface area (Å²) in [5, 5.41) is 2.82. The van der Waals surface area contributed by atoms with E-state index in [1.807, 2.05) is 13.8 Å². The van der Waals surface area contributed by atoms with Gasteiger partial charge in [0, 0.05) is 12.5 Å². The molecule has 4 heteroatoms. The van der Waals surface area contributed by atoms with Crippen LogP contribution >= 0.6 is 0 Å². The molecular formula is C12H21NO3. The third-order valence-electron chi connectivity index (χ3n) is 2.83. The van der Waals surface area contributed by atoms with Crippen LogP contribution in [0, 0.1) is 11.8 Å². The molecule has 1 rings (SSSR count). The van der Waals surface area contributed by atoms with Crippen LogP contribution in [-0.2, 0) is 14.3 Å². The fourth-order valence-electron chi connectivity index (χ4n) is 1.75. The number of ether oxygens (including phenoxy) is 1. The van der Waals surface area contributed by atoms with Crippen LogP contribution in [0.4, 0.5) is 0 Å². The average Bonchev–Trinajstić information content (AvgIpc) is 2.63. The minimum Gasteiger partial charge on any atom is -0.465 e. The number of rotatable bonds is 6. The Morgan fingerprint density at radius 1 is 1.50 bits per heavy atom. The number of unbranched alkanes of at least 4 members (excludes halogenated alkanes) is 1. The molecule has 92 valence electrons. The van der Waals surface area contributed by atoms with Gasteiger partial charge in [0.25, 0.3) is 0 Å². The van der Waals surface area contributed by atoms with Crippen molar-refractivity contribution >= 4 is 11.9 Å². The predicted octanol–water partition coefficient (Wildman–Crippen LogP) is 1.49.